The van der Waals surface area contributed by atoms with E-state index in [2.05, 4.69) is 23.3 Å². The first-order chi connectivity index (χ1) is 9.69. The molecule has 1 heterocycles. The van der Waals surface area contributed by atoms with Gasteiger partial charge in [-0.15, -0.1) is 0 Å². The molecule has 0 aliphatic carbocycles. The summed E-state index contributed by atoms with van der Waals surface area (Å²) in [6, 6.07) is 9.84. The number of hydrogen-bond acceptors (Lipinski definition) is 3. The molecular formula is C15H16Cl2N2S. The molecule has 0 bridgehead atoms. The van der Waals surface area contributed by atoms with E-state index in [1.165, 1.54) is 17.3 Å². The van der Waals surface area contributed by atoms with E-state index in [1.807, 2.05) is 24.3 Å². The molecule has 0 atom stereocenters. The Kier molecular flexibility index (Phi) is 6.17. The smallest absolute Gasteiger partial charge is 0.101 e. The molecule has 2 rings (SSSR count). The summed E-state index contributed by atoms with van der Waals surface area (Å²) >= 11 is 13.7. The molecule has 5 heteroatoms. The molecule has 0 unspecified atom stereocenters. The molecule has 0 fully saturated rings. The maximum absolute atomic E-state index is 6.32. The van der Waals surface area contributed by atoms with Crippen molar-refractivity contribution in [3.05, 3.63) is 52.1 Å². The lowest BCUT2D eigenvalue weighted by molar-refractivity contribution is 0.675. The number of halogens is 2. The summed E-state index contributed by atoms with van der Waals surface area (Å²) in [7, 11) is 0. The molecule has 0 amide bonds. The molecule has 0 saturated heterocycles. The third kappa shape index (κ3) is 4.67. The van der Waals surface area contributed by atoms with Crippen LogP contribution in [-0.4, -0.2) is 11.5 Å². The van der Waals surface area contributed by atoms with E-state index in [0.29, 0.717) is 5.02 Å². The molecule has 1 aromatic heterocycles. The molecule has 0 aliphatic rings. The molecule has 106 valence electrons. The summed E-state index contributed by atoms with van der Waals surface area (Å²) in [5, 5.41) is 5.63. The minimum Gasteiger partial charge on any atom is -0.313 e. The summed E-state index contributed by atoms with van der Waals surface area (Å²) in [4.78, 5) is 5.26. The van der Waals surface area contributed by atoms with Crippen LogP contribution in [-0.2, 0) is 6.54 Å². The SMILES string of the molecule is CCCNCc1ccc(Sc2ccc(Cl)cn2)c(Cl)c1. The Labute approximate surface area is 133 Å². The minimum atomic E-state index is 0.637. The minimum absolute atomic E-state index is 0.637. The topological polar surface area (TPSA) is 24.9 Å². The highest BCUT2D eigenvalue weighted by Crippen LogP contribution is 2.33. The molecule has 2 aromatic rings. The van der Waals surface area contributed by atoms with E-state index in [0.717, 1.165) is 34.5 Å². The Bertz CT molecular complexity index is 558. The van der Waals surface area contributed by atoms with Gasteiger partial charge in [0.25, 0.3) is 0 Å². The Hall–Kier alpha value is -0.740. The van der Waals surface area contributed by atoms with Crippen molar-refractivity contribution < 1.29 is 0 Å². The van der Waals surface area contributed by atoms with Gasteiger partial charge in [0.05, 0.1) is 10.0 Å². The molecule has 0 spiro atoms. The number of nitrogens with one attached hydrogen (secondary N) is 1. The summed E-state index contributed by atoms with van der Waals surface area (Å²) in [5.74, 6) is 0. The van der Waals surface area contributed by atoms with Crippen LogP contribution in [0, 0.1) is 0 Å². The molecule has 1 N–H and O–H groups in total. The van der Waals surface area contributed by atoms with Gasteiger partial charge in [0.1, 0.15) is 5.03 Å². The van der Waals surface area contributed by atoms with Crippen molar-refractivity contribution in [2.75, 3.05) is 6.54 Å². The van der Waals surface area contributed by atoms with Gasteiger partial charge < -0.3 is 5.32 Å². The maximum atomic E-state index is 6.32. The first-order valence-corrected chi connectivity index (χ1v) is 8.05. The summed E-state index contributed by atoms with van der Waals surface area (Å²) in [6.45, 7) is 4.01. The second-order valence-corrected chi connectivity index (χ2v) is 6.26. The first kappa shape index (κ1) is 15.6. The maximum Gasteiger partial charge on any atom is 0.101 e. The van der Waals surface area contributed by atoms with Gasteiger partial charge in [-0.2, -0.15) is 0 Å². The predicted octanol–water partition coefficient (Wildman–Crippen LogP) is 5.04. The van der Waals surface area contributed by atoms with Crippen LogP contribution in [0.3, 0.4) is 0 Å². The molecule has 0 saturated carbocycles. The molecule has 0 aliphatic heterocycles. The van der Waals surface area contributed by atoms with E-state index in [1.54, 1.807) is 6.20 Å². The number of nitrogens with zero attached hydrogens (tertiary/aromatic N) is 1. The number of pyridine rings is 1. The quantitative estimate of drug-likeness (QED) is 0.753. The van der Waals surface area contributed by atoms with Gasteiger partial charge in [0, 0.05) is 17.6 Å². The Morgan fingerprint density at radius 2 is 2.05 bits per heavy atom. The third-order valence-corrected chi connectivity index (χ3v) is 4.34. The highest BCUT2D eigenvalue weighted by atomic mass is 35.5. The van der Waals surface area contributed by atoms with Crippen LogP contribution in [0.2, 0.25) is 10.0 Å². The highest BCUT2D eigenvalue weighted by molar-refractivity contribution is 7.99. The van der Waals surface area contributed by atoms with Crippen molar-refractivity contribution in [3.63, 3.8) is 0 Å². The number of hydrogen-bond donors (Lipinski definition) is 1. The van der Waals surface area contributed by atoms with Crippen molar-refractivity contribution in [2.24, 2.45) is 0 Å². The van der Waals surface area contributed by atoms with Gasteiger partial charge in [-0.25, -0.2) is 4.98 Å². The summed E-state index contributed by atoms with van der Waals surface area (Å²) in [6.07, 6.45) is 2.77. The van der Waals surface area contributed by atoms with Crippen LogP contribution in [0.25, 0.3) is 0 Å². The van der Waals surface area contributed by atoms with Gasteiger partial charge in [-0.3, -0.25) is 0 Å². The number of aromatic nitrogens is 1. The Balaban J connectivity index is 2.03. The van der Waals surface area contributed by atoms with Crippen LogP contribution < -0.4 is 5.32 Å². The van der Waals surface area contributed by atoms with E-state index >= 15 is 0 Å². The number of benzene rings is 1. The van der Waals surface area contributed by atoms with Crippen LogP contribution in [0.15, 0.2) is 46.5 Å². The normalized spacial score (nSPS) is 10.8. The summed E-state index contributed by atoms with van der Waals surface area (Å²) in [5.41, 5.74) is 1.19. The van der Waals surface area contributed by atoms with Gasteiger partial charge in [-0.1, -0.05) is 48.0 Å². The lowest BCUT2D eigenvalue weighted by Gasteiger charge is -2.07. The second-order valence-electron chi connectivity index (χ2n) is 4.36. The second kappa shape index (κ2) is 7.89. The van der Waals surface area contributed by atoms with Crippen molar-refractivity contribution in [3.8, 4) is 0 Å². The van der Waals surface area contributed by atoms with Crippen molar-refractivity contribution in [1.82, 2.24) is 10.3 Å². The lowest BCUT2D eigenvalue weighted by atomic mass is 10.2. The zero-order valence-electron chi connectivity index (χ0n) is 11.2. The fourth-order valence-electron chi connectivity index (χ4n) is 1.68. The van der Waals surface area contributed by atoms with Gasteiger partial charge in [0.15, 0.2) is 0 Å². The Morgan fingerprint density at radius 1 is 1.20 bits per heavy atom. The monoisotopic (exact) mass is 326 g/mol. The van der Waals surface area contributed by atoms with Gasteiger partial charge >= 0.3 is 0 Å². The molecule has 20 heavy (non-hydrogen) atoms. The fraction of sp³-hybridized carbons (Fsp3) is 0.267. The first-order valence-electron chi connectivity index (χ1n) is 6.47. The average molecular weight is 327 g/mol. The molecule has 2 nitrogen and oxygen atoms in total. The molecular weight excluding hydrogens is 311 g/mol. The highest BCUT2D eigenvalue weighted by Gasteiger charge is 2.05. The molecule has 0 radical (unpaired) electrons. The van der Waals surface area contributed by atoms with Crippen LogP contribution in [0.4, 0.5) is 0 Å². The lowest BCUT2D eigenvalue weighted by Crippen LogP contribution is -2.13. The van der Waals surface area contributed by atoms with E-state index in [9.17, 15) is 0 Å². The van der Waals surface area contributed by atoms with E-state index in [-0.39, 0.29) is 0 Å². The van der Waals surface area contributed by atoms with Crippen LogP contribution >= 0.6 is 35.0 Å². The third-order valence-electron chi connectivity index (χ3n) is 2.67. The largest absolute Gasteiger partial charge is 0.313 e. The molecule has 1 aromatic carbocycles. The van der Waals surface area contributed by atoms with E-state index < -0.39 is 0 Å². The standard InChI is InChI=1S/C15H16Cl2N2S/c1-2-7-18-9-11-3-5-14(13(17)8-11)20-15-6-4-12(16)10-19-15/h3-6,8,10,18H,2,7,9H2,1H3. The van der Waals surface area contributed by atoms with Gasteiger partial charge in [0.2, 0.25) is 0 Å². The van der Waals surface area contributed by atoms with Crippen LogP contribution in [0.5, 0.6) is 0 Å². The summed E-state index contributed by atoms with van der Waals surface area (Å²) < 4.78 is 0. The fourth-order valence-corrected chi connectivity index (χ4v) is 2.87. The predicted molar refractivity (Wildman–Crippen MR) is 86.8 cm³/mol. The zero-order chi connectivity index (χ0) is 14.4. The zero-order valence-corrected chi connectivity index (χ0v) is 13.5. The average Bonchev–Trinajstić information content (AvgIpc) is 2.44. The number of rotatable bonds is 6. The van der Waals surface area contributed by atoms with E-state index in [4.69, 9.17) is 23.2 Å². The van der Waals surface area contributed by atoms with Crippen molar-refractivity contribution >= 4 is 35.0 Å². The Morgan fingerprint density at radius 3 is 2.70 bits per heavy atom. The van der Waals surface area contributed by atoms with Crippen molar-refractivity contribution in [2.45, 2.75) is 29.8 Å². The van der Waals surface area contributed by atoms with Gasteiger partial charge in [-0.05, 0) is 42.8 Å². The van der Waals surface area contributed by atoms with Crippen LogP contribution in [0.1, 0.15) is 18.9 Å². The van der Waals surface area contributed by atoms with Crippen molar-refractivity contribution in [1.29, 1.82) is 0 Å².